The van der Waals surface area contributed by atoms with Crippen LogP contribution < -0.4 is 10.1 Å². The van der Waals surface area contributed by atoms with Crippen molar-refractivity contribution in [3.8, 4) is 5.75 Å². The third kappa shape index (κ3) is 5.37. The van der Waals surface area contributed by atoms with Crippen LogP contribution in [0, 0.1) is 0 Å². The molecule has 0 spiro atoms. The van der Waals surface area contributed by atoms with E-state index in [1.165, 1.54) is 34.2 Å². The van der Waals surface area contributed by atoms with Gasteiger partial charge >= 0.3 is 0 Å². The number of carbonyl (C=O) groups is 1. The monoisotopic (exact) mass is 454 g/mol. The van der Waals surface area contributed by atoms with E-state index in [4.69, 9.17) is 4.74 Å². The zero-order chi connectivity index (χ0) is 21.6. The van der Waals surface area contributed by atoms with Crippen molar-refractivity contribution in [3.63, 3.8) is 0 Å². The van der Waals surface area contributed by atoms with Crippen LogP contribution in [-0.2, 0) is 17.8 Å². The Hall–Kier alpha value is -2.58. The number of thioether (sulfide) groups is 1. The summed E-state index contributed by atoms with van der Waals surface area (Å²) >= 11 is 2.92. The molecule has 1 aliphatic carbocycles. The molecule has 1 unspecified atom stereocenters. The molecule has 162 valence electrons. The number of rotatable bonds is 8. The quantitative estimate of drug-likeness (QED) is 0.494. The molecule has 1 atom stereocenters. The lowest BCUT2D eigenvalue weighted by atomic mass is 9.87. The van der Waals surface area contributed by atoms with Gasteiger partial charge in [-0.25, -0.2) is 0 Å². The standard InChI is InChI=1S/C23H26N4O2S2/c1-27(20-9-5-7-17-6-3-4-8-19(17)20)21(28)15-30-23-26-25-22(31-23)24-14-16-10-12-18(29-2)13-11-16/h3-4,6,8,10-13,20H,5,7,9,14-15H2,1-2H3,(H,24,25). The summed E-state index contributed by atoms with van der Waals surface area (Å²) in [7, 11) is 3.57. The molecule has 6 nitrogen and oxygen atoms in total. The van der Waals surface area contributed by atoms with Gasteiger partial charge in [0.05, 0.1) is 18.9 Å². The van der Waals surface area contributed by atoms with E-state index in [1.807, 2.05) is 36.2 Å². The van der Waals surface area contributed by atoms with Crippen LogP contribution in [0.2, 0.25) is 0 Å². The predicted molar refractivity (Wildman–Crippen MR) is 126 cm³/mol. The fourth-order valence-electron chi connectivity index (χ4n) is 3.79. The first-order chi connectivity index (χ1) is 15.1. The number of ether oxygens (including phenoxy) is 1. The first-order valence-electron chi connectivity index (χ1n) is 10.3. The summed E-state index contributed by atoms with van der Waals surface area (Å²) in [5, 5.41) is 12.4. The Labute approximate surface area is 191 Å². The lowest BCUT2D eigenvalue weighted by Gasteiger charge is -2.33. The molecule has 1 aliphatic rings. The molecule has 0 fully saturated rings. The van der Waals surface area contributed by atoms with Crippen molar-refractivity contribution in [1.82, 2.24) is 15.1 Å². The van der Waals surface area contributed by atoms with E-state index in [0.717, 1.165) is 40.0 Å². The molecule has 31 heavy (non-hydrogen) atoms. The van der Waals surface area contributed by atoms with Gasteiger partial charge in [0.25, 0.3) is 0 Å². The predicted octanol–water partition coefficient (Wildman–Crippen LogP) is 4.79. The highest BCUT2D eigenvalue weighted by atomic mass is 32.2. The average molecular weight is 455 g/mol. The van der Waals surface area contributed by atoms with E-state index in [0.29, 0.717) is 12.3 Å². The summed E-state index contributed by atoms with van der Waals surface area (Å²) in [6, 6.07) is 16.5. The largest absolute Gasteiger partial charge is 0.497 e. The van der Waals surface area contributed by atoms with E-state index in [2.05, 4.69) is 39.8 Å². The van der Waals surface area contributed by atoms with Gasteiger partial charge < -0.3 is 15.0 Å². The van der Waals surface area contributed by atoms with E-state index in [9.17, 15) is 4.79 Å². The topological polar surface area (TPSA) is 67.3 Å². The smallest absolute Gasteiger partial charge is 0.233 e. The molecule has 2 aromatic carbocycles. The first-order valence-corrected chi connectivity index (χ1v) is 12.1. The molecule has 3 aromatic rings. The van der Waals surface area contributed by atoms with Crippen molar-refractivity contribution < 1.29 is 9.53 Å². The minimum Gasteiger partial charge on any atom is -0.497 e. The number of methoxy groups -OCH3 is 1. The molecular formula is C23H26N4O2S2. The van der Waals surface area contributed by atoms with E-state index in [-0.39, 0.29) is 11.9 Å². The Balaban J connectivity index is 1.28. The SMILES string of the molecule is COc1ccc(CNc2nnc(SCC(=O)N(C)C3CCCc4ccccc43)s2)cc1. The summed E-state index contributed by atoms with van der Waals surface area (Å²) in [5.41, 5.74) is 3.79. The van der Waals surface area contributed by atoms with Crippen LogP contribution in [0.4, 0.5) is 5.13 Å². The molecule has 4 rings (SSSR count). The summed E-state index contributed by atoms with van der Waals surface area (Å²) in [4.78, 5) is 14.7. The fraction of sp³-hybridized carbons (Fsp3) is 0.348. The van der Waals surface area contributed by atoms with Crippen LogP contribution in [0.3, 0.4) is 0 Å². The molecule has 1 heterocycles. The number of nitrogens with one attached hydrogen (secondary N) is 1. The van der Waals surface area contributed by atoms with Gasteiger partial charge in [0.15, 0.2) is 4.34 Å². The number of hydrogen-bond acceptors (Lipinski definition) is 7. The number of fused-ring (bicyclic) bond motifs is 1. The van der Waals surface area contributed by atoms with E-state index in [1.54, 1.807) is 7.11 Å². The van der Waals surface area contributed by atoms with Gasteiger partial charge in [0.1, 0.15) is 5.75 Å². The zero-order valence-corrected chi connectivity index (χ0v) is 19.3. The average Bonchev–Trinajstić information content (AvgIpc) is 3.28. The van der Waals surface area contributed by atoms with Crippen molar-refractivity contribution in [2.45, 2.75) is 36.2 Å². The third-order valence-corrected chi connectivity index (χ3v) is 7.53. The number of benzene rings is 2. The maximum absolute atomic E-state index is 12.8. The van der Waals surface area contributed by atoms with Crippen LogP contribution in [0.5, 0.6) is 5.75 Å². The molecule has 0 bridgehead atoms. The first kappa shape index (κ1) is 21.6. The number of nitrogens with zero attached hydrogens (tertiary/aromatic N) is 3. The molecule has 0 saturated carbocycles. The molecule has 1 amide bonds. The van der Waals surface area contributed by atoms with Crippen LogP contribution >= 0.6 is 23.1 Å². The van der Waals surface area contributed by atoms with Gasteiger partial charge in [-0.1, -0.05) is 59.5 Å². The Kier molecular flexibility index (Phi) is 7.09. The highest BCUT2D eigenvalue weighted by Crippen LogP contribution is 2.34. The van der Waals surface area contributed by atoms with Crippen LogP contribution in [-0.4, -0.2) is 40.9 Å². The fourth-order valence-corrected chi connectivity index (χ4v) is 5.46. The van der Waals surface area contributed by atoms with Gasteiger partial charge in [0, 0.05) is 13.6 Å². The Morgan fingerprint density at radius 2 is 2.03 bits per heavy atom. The van der Waals surface area contributed by atoms with E-state index >= 15 is 0 Å². The highest BCUT2D eigenvalue weighted by molar-refractivity contribution is 8.01. The number of anilines is 1. The Morgan fingerprint density at radius 3 is 2.84 bits per heavy atom. The second-order valence-corrected chi connectivity index (χ2v) is 9.67. The number of aromatic nitrogens is 2. The van der Waals surface area contributed by atoms with Crippen molar-refractivity contribution in [2.24, 2.45) is 0 Å². The Bertz CT molecular complexity index is 1020. The van der Waals surface area contributed by atoms with Crippen molar-refractivity contribution in [3.05, 3.63) is 65.2 Å². The second-order valence-electron chi connectivity index (χ2n) is 7.47. The van der Waals surface area contributed by atoms with Crippen molar-refractivity contribution in [1.29, 1.82) is 0 Å². The van der Waals surface area contributed by atoms with Gasteiger partial charge in [-0.15, -0.1) is 10.2 Å². The molecule has 0 radical (unpaired) electrons. The number of hydrogen-bond donors (Lipinski definition) is 1. The molecule has 1 N–H and O–H groups in total. The van der Waals surface area contributed by atoms with Gasteiger partial charge in [0.2, 0.25) is 11.0 Å². The minimum atomic E-state index is 0.120. The summed E-state index contributed by atoms with van der Waals surface area (Å²) in [6.07, 6.45) is 3.23. The molecule has 8 heteroatoms. The van der Waals surface area contributed by atoms with Crippen molar-refractivity contribution in [2.75, 3.05) is 25.2 Å². The highest BCUT2D eigenvalue weighted by Gasteiger charge is 2.26. The van der Waals surface area contributed by atoms with Crippen molar-refractivity contribution >= 4 is 34.1 Å². The maximum atomic E-state index is 12.8. The number of carbonyl (C=O) groups excluding carboxylic acids is 1. The van der Waals surface area contributed by atoms with Gasteiger partial charge in [-0.05, 0) is 48.1 Å². The van der Waals surface area contributed by atoms with Gasteiger partial charge in [-0.2, -0.15) is 0 Å². The normalized spacial score (nSPS) is 15.2. The van der Waals surface area contributed by atoms with Crippen LogP contribution in [0.15, 0.2) is 52.9 Å². The Morgan fingerprint density at radius 1 is 1.23 bits per heavy atom. The molecule has 1 aromatic heterocycles. The molecule has 0 aliphatic heterocycles. The maximum Gasteiger partial charge on any atom is 0.233 e. The second kappa shape index (κ2) is 10.2. The lowest BCUT2D eigenvalue weighted by molar-refractivity contribution is -0.129. The van der Waals surface area contributed by atoms with Crippen LogP contribution in [0.1, 0.15) is 35.6 Å². The van der Waals surface area contributed by atoms with E-state index < -0.39 is 0 Å². The zero-order valence-electron chi connectivity index (χ0n) is 17.7. The summed E-state index contributed by atoms with van der Waals surface area (Å²) in [5.74, 6) is 1.32. The molecule has 0 saturated heterocycles. The summed E-state index contributed by atoms with van der Waals surface area (Å²) in [6.45, 7) is 0.659. The van der Waals surface area contributed by atoms with Crippen LogP contribution in [0.25, 0.3) is 0 Å². The van der Waals surface area contributed by atoms with Gasteiger partial charge in [-0.3, -0.25) is 4.79 Å². The number of amides is 1. The lowest BCUT2D eigenvalue weighted by Crippen LogP contribution is -2.34. The summed E-state index contributed by atoms with van der Waals surface area (Å²) < 4.78 is 5.97. The molecular weight excluding hydrogens is 428 g/mol. The minimum absolute atomic E-state index is 0.120. The number of aryl methyl sites for hydroxylation is 1. The third-order valence-electron chi connectivity index (χ3n) is 5.53.